The van der Waals surface area contributed by atoms with Crippen LogP contribution < -0.4 is 4.90 Å². The number of piperazine rings is 1. The van der Waals surface area contributed by atoms with E-state index in [0.717, 1.165) is 30.6 Å². The first kappa shape index (κ1) is 11.0. The Morgan fingerprint density at radius 1 is 1.12 bits per heavy atom. The van der Waals surface area contributed by atoms with Gasteiger partial charge in [-0.2, -0.15) is 0 Å². The molecule has 0 aromatic carbocycles. The summed E-state index contributed by atoms with van der Waals surface area (Å²) in [5, 5.41) is 0. The zero-order valence-corrected chi connectivity index (χ0v) is 10.5. The van der Waals surface area contributed by atoms with E-state index in [1.165, 1.54) is 32.4 Å². The van der Waals surface area contributed by atoms with E-state index in [4.69, 9.17) is 0 Å². The van der Waals surface area contributed by atoms with E-state index in [1.54, 1.807) is 0 Å². The fourth-order valence-electron chi connectivity index (χ4n) is 2.91. The van der Waals surface area contributed by atoms with E-state index in [1.807, 2.05) is 19.3 Å². The third kappa shape index (κ3) is 2.27. The van der Waals surface area contributed by atoms with Crippen LogP contribution in [0, 0.1) is 6.92 Å². The van der Waals surface area contributed by atoms with E-state index in [0.29, 0.717) is 0 Å². The average molecular weight is 232 g/mol. The molecule has 0 amide bonds. The molecule has 1 unspecified atom stereocenters. The molecule has 92 valence electrons. The van der Waals surface area contributed by atoms with Crippen LogP contribution in [-0.4, -0.2) is 47.1 Å². The summed E-state index contributed by atoms with van der Waals surface area (Å²) in [6, 6.07) is 0.737. The van der Waals surface area contributed by atoms with Crippen molar-refractivity contribution < 1.29 is 0 Å². The number of aryl methyl sites for hydroxylation is 1. The minimum atomic E-state index is 0.737. The maximum absolute atomic E-state index is 4.48. The molecule has 0 saturated carbocycles. The molecule has 0 N–H and O–H groups in total. The molecule has 4 nitrogen and oxygen atoms in total. The van der Waals surface area contributed by atoms with Crippen LogP contribution in [0.3, 0.4) is 0 Å². The number of hydrogen-bond acceptors (Lipinski definition) is 4. The van der Waals surface area contributed by atoms with Gasteiger partial charge in [0.05, 0.1) is 18.1 Å². The Balaban J connectivity index is 1.71. The lowest BCUT2D eigenvalue weighted by Gasteiger charge is -2.44. The highest BCUT2D eigenvalue weighted by Crippen LogP contribution is 2.23. The number of anilines is 1. The second-order valence-electron chi connectivity index (χ2n) is 5.15. The lowest BCUT2D eigenvalue weighted by molar-refractivity contribution is 0.133. The number of hydrogen-bond donors (Lipinski definition) is 0. The molecule has 0 spiro atoms. The van der Waals surface area contributed by atoms with Crippen LogP contribution in [0.2, 0.25) is 0 Å². The fourth-order valence-corrected chi connectivity index (χ4v) is 2.91. The SMILES string of the molecule is Cc1cnc(N2CCN3CCCCC3C2)cn1. The molecule has 0 bridgehead atoms. The average Bonchev–Trinajstić information content (AvgIpc) is 2.39. The van der Waals surface area contributed by atoms with Crippen molar-refractivity contribution in [3.8, 4) is 0 Å². The normalized spacial score (nSPS) is 25.7. The second kappa shape index (κ2) is 4.61. The van der Waals surface area contributed by atoms with Gasteiger partial charge in [-0.15, -0.1) is 0 Å². The molecule has 3 rings (SSSR count). The lowest BCUT2D eigenvalue weighted by atomic mass is 9.99. The number of aromatic nitrogens is 2. The largest absolute Gasteiger partial charge is 0.352 e. The quantitative estimate of drug-likeness (QED) is 0.734. The van der Waals surface area contributed by atoms with Gasteiger partial charge in [0.15, 0.2) is 0 Å². The van der Waals surface area contributed by atoms with Crippen molar-refractivity contribution in [3.05, 3.63) is 18.1 Å². The van der Waals surface area contributed by atoms with E-state index in [9.17, 15) is 0 Å². The summed E-state index contributed by atoms with van der Waals surface area (Å²) >= 11 is 0. The van der Waals surface area contributed by atoms with Crippen LogP contribution in [0.5, 0.6) is 0 Å². The summed E-state index contributed by atoms with van der Waals surface area (Å²) in [6.45, 7) is 6.67. The highest BCUT2D eigenvalue weighted by atomic mass is 15.3. The van der Waals surface area contributed by atoms with E-state index in [2.05, 4.69) is 19.8 Å². The molecule has 2 saturated heterocycles. The van der Waals surface area contributed by atoms with Gasteiger partial charge in [-0.25, -0.2) is 4.98 Å². The van der Waals surface area contributed by atoms with E-state index >= 15 is 0 Å². The molecule has 0 aliphatic carbocycles. The number of nitrogens with zero attached hydrogens (tertiary/aromatic N) is 4. The lowest BCUT2D eigenvalue weighted by Crippen LogP contribution is -2.55. The van der Waals surface area contributed by atoms with Crippen molar-refractivity contribution in [2.45, 2.75) is 32.2 Å². The van der Waals surface area contributed by atoms with Gasteiger partial charge in [0.2, 0.25) is 0 Å². The first-order valence-electron chi connectivity index (χ1n) is 6.60. The van der Waals surface area contributed by atoms with Gasteiger partial charge in [-0.3, -0.25) is 9.88 Å². The summed E-state index contributed by atoms with van der Waals surface area (Å²) < 4.78 is 0. The standard InChI is InChI=1S/C13H20N4/c1-11-8-15-13(9-14-11)17-7-6-16-5-3-2-4-12(16)10-17/h8-9,12H,2-7,10H2,1H3. The Morgan fingerprint density at radius 2 is 2.06 bits per heavy atom. The molecule has 2 fully saturated rings. The molecule has 1 atom stereocenters. The zero-order chi connectivity index (χ0) is 11.7. The van der Waals surface area contributed by atoms with Gasteiger partial charge < -0.3 is 4.90 Å². The molecule has 0 radical (unpaired) electrons. The second-order valence-corrected chi connectivity index (χ2v) is 5.15. The summed E-state index contributed by atoms with van der Waals surface area (Å²) in [7, 11) is 0. The molecule has 1 aromatic heterocycles. The van der Waals surface area contributed by atoms with Crippen LogP contribution in [0.1, 0.15) is 25.0 Å². The first-order chi connectivity index (χ1) is 8.33. The predicted octanol–water partition coefficient (Wildman–Crippen LogP) is 1.46. The molecule has 4 heteroatoms. The van der Waals surface area contributed by atoms with Gasteiger partial charge >= 0.3 is 0 Å². The van der Waals surface area contributed by atoms with Crippen molar-refractivity contribution >= 4 is 5.82 Å². The van der Waals surface area contributed by atoms with Gasteiger partial charge in [-0.05, 0) is 26.3 Å². The summed E-state index contributed by atoms with van der Waals surface area (Å²) in [4.78, 5) is 13.9. The van der Waals surface area contributed by atoms with Gasteiger partial charge in [0, 0.05) is 25.7 Å². The van der Waals surface area contributed by atoms with Crippen LogP contribution >= 0.6 is 0 Å². The van der Waals surface area contributed by atoms with Crippen molar-refractivity contribution in [2.75, 3.05) is 31.1 Å². The Kier molecular flexibility index (Phi) is 2.97. The van der Waals surface area contributed by atoms with Crippen LogP contribution in [0.15, 0.2) is 12.4 Å². The Bertz CT molecular complexity index is 376. The first-order valence-corrected chi connectivity index (χ1v) is 6.60. The molecule has 1 aromatic rings. The fraction of sp³-hybridized carbons (Fsp3) is 0.692. The van der Waals surface area contributed by atoms with E-state index < -0.39 is 0 Å². The Hall–Kier alpha value is -1.16. The van der Waals surface area contributed by atoms with Crippen LogP contribution in [0.25, 0.3) is 0 Å². The van der Waals surface area contributed by atoms with Crippen molar-refractivity contribution in [3.63, 3.8) is 0 Å². The Labute approximate surface area is 103 Å². The highest BCUT2D eigenvalue weighted by Gasteiger charge is 2.29. The number of fused-ring (bicyclic) bond motifs is 1. The van der Waals surface area contributed by atoms with Crippen molar-refractivity contribution in [2.24, 2.45) is 0 Å². The van der Waals surface area contributed by atoms with Crippen molar-refractivity contribution in [1.29, 1.82) is 0 Å². The molecular formula is C13H20N4. The number of piperidine rings is 1. The summed E-state index contributed by atoms with van der Waals surface area (Å²) in [5.74, 6) is 1.04. The van der Waals surface area contributed by atoms with E-state index in [-0.39, 0.29) is 0 Å². The van der Waals surface area contributed by atoms with Gasteiger partial charge in [0.25, 0.3) is 0 Å². The monoisotopic (exact) mass is 232 g/mol. The molecule has 2 aliphatic rings. The Morgan fingerprint density at radius 3 is 2.88 bits per heavy atom. The number of rotatable bonds is 1. The van der Waals surface area contributed by atoms with Crippen LogP contribution in [0.4, 0.5) is 5.82 Å². The third-order valence-electron chi connectivity index (χ3n) is 3.93. The van der Waals surface area contributed by atoms with Crippen LogP contribution in [-0.2, 0) is 0 Å². The molecule has 17 heavy (non-hydrogen) atoms. The van der Waals surface area contributed by atoms with Gasteiger partial charge in [-0.1, -0.05) is 6.42 Å². The third-order valence-corrected chi connectivity index (χ3v) is 3.93. The smallest absolute Gasteiger partial charge is 0.147 e. The summed E-state index contributed by atoms with van der Waals surface area (Å²) in [6.07, 6.45) is 7.88. The minimum absolute atomic E-state index is 0.737. The molecule has 3 heterocycles. The van der Waals surface area contributed by atoms with Crippen molar-refractivity contribution in [1.82, 2.24) is 14.9 Å². The summed E-state index contributed by atoms with van der Waals surface area (Å²) in [5.41, 5.74) is 0.991. The molecular weight excluding hydrogens is 212 g/mol. The highest BCUT2D eigenvalue weighted by molar-refractivity contribution is 5.37. The maximum Gasteiger partial charge on any atom is 0.147 e. The predicted molar refractivity (Wildman–Crippen MR) is 68.2 cm³/mol. The molecule has 2 aliphatic heterocycles. The zero-order valence-electron chi connectivity index (χ0n) is 10.5. The maximum atomic E-state index is 4.48. The van der Waals surface area contributed by atoms with Gasteiger partial charge in [0.1, 0.15) is 5.82 Å². The topological polar surface area (TPSA) is 32.3 Å². The minimum Gasteiger partial charge on any atom is -0.352 e.